The van der Waals surface area contributed by atoms with Crippen LogP contribution in [0.4, 0.5) is 0 Å². The van der Waals surface area contributed by atoms with Gasteiger partial charge in [0.05, 0.1) is 7.11 Å². The van der Waals surface area contributed by atoms with Gasteiger partial charge in [-0.05, 0) is 35.4 Å². The summed E-state index contributed by atoms with van der Waals surface area (Å²) in [6.07, 6.45) is 6.33. The van der Waals surface area contributed by atoms with Crippen LogP contribution in [0.25, 0.3) is 12.2 Å². The van der Waals surface area contributed by atoms with E-state index in [9.17, 15) is 0 Å². The molecule has 0 saturated heterocycles. The van der Waals surface area contributed by atoms with Gasteiger partial charge >= 0.3 is 0 Å². The molecule has 2 aromatic carbocycles. The van der Waals surface area contributed by atoms with E-state index in [1.807, 2.05) is 36.4 Å². The average molecular weight is 264 g/mol. The molecule has 2 nitrogen and oxygen atoms in total. The third-order valence-electron chi connectivity index (χ3n) is 3.24. The number of hydrogen-bond donors (Lipinski definition) is 0. The topological polar surface area (TPSA) is 18.5 Å². The molecule has 0 saturated carbocycles. The monoisotopic (exact) mass is 264 g/mol. The molecule has 0 unspecified atom stereocenters. The van der Waals surface area contributed by atoms with Crippen molar-refractivity contribution in [2.75, 3.05) is 13.7 Å². The van der Waals surface area contributed by atoms with E-state index in [2.05, 4.69) is 30.4 Å². The average Bonchev–Trinajstić information content (AvgIpc) is 2.53. The fraction of sp³-hybridized carbons (Fsp3) is 0.111. The molecule has 0 spiro atoms. The van der Waals surface area contributed by atoms with Gasteiger partial charge in [-0.15, -0.1) is 0 Å². The van der Waals surface area contributed by atoms with Crippen LogP contribution in [0.5, 0.6) is 11.5 Å². The molecule has 0 N–H and O–H groups in total. The summed E-state index contributed by atoms with van der Waals surface area (Å²) < 4.78 is 11.0. The Bertz CT molecular complexity index is 654. The first-order valence-corrected chi connectivity index (χ1v) is 6.60. The lowest BCUT2D eigenvalue weighted by Crippen LogP contribution is -2.05. The Morgan fingerprint density at radius 1 is 1.05 bits per heavy atom. The van der Waals surface area contributed by atoms with Gasteiger partial charge in [-0.25, -0.2) is 0 Å². The number of methoxy groups -OCH3 is 1. The van der Waals surface area contributed by atoms with Crippen LogP contribution in [-0.2, 0) is 0 Å². The van der Waals surface area contributed by atoms with Gasteiger partial charge in [0.25, 0.3) is 0 Å². The van der Waals surface area contributed by atoms with E-state index in [0.717, 1.165) is 22.6 Å². The second kappa shape index (κ2) is 5.66. The van der Waals surface area contributed by atoms with Gasteiger partial charge in [0.2, 0.25) is 0 Å². The molecule has 100 valence electrons. The number of hydrogen-bond acceptors (Lipinski definition) is 2. The highest BCUT2D eigenvalue weighted by atomic mass is 16.5. The molecule has 0 radical (unpaired) electrons. The zero-order valence-electron chi connectivity index (χ0n) is 11.4. The third-order valence-corrected chi connectivity index (χ3v) is 3.24. The van der Waals surface area contributed by atoms with Gasteiger partial charge in [-0.2, -0.15) is 0 Å². The molecular weight excluding hydrogens is 248 g/mol. The van der Waals surface area contributed by atoms with Crippen LogP contribution in [0.2, 0.25) is 0 Å². The highest BCUT2D eigenvalue weighted by molar-refractivity contribution is 5.68. The maximum Gasteiger partial charge on any atom is 0.127 e. The summed E-state index contributed by atoms with van der Waals surface area (Å²) in [5.41, 5.74) is 3.39. The maximum absolute atomic E-state index is 5.75. The Hall–Kier alpha value is -2.48. The van der Waals surface area contributed by atoms with Crippen molar-refractivity contribution >= 4 is 12.2 Å². The Labute approximate surface area is 119 Å². The molecule has 1 heterocycles. The van der Waals surface area contributed by atoms with Crippen LogP contribution in [0.1, 0.15) is 11.1 Å². The molecular formula is C18H16O2. The van der Waals surface area contributed by atoms with E-state index in [1.54, 1.807) is 7.11 Å². The fourth-order valence-corrected chi connectivity index (χ4v) is 2.16. The van der Waals surface area contributed by atoms with Crippen molar-refractivity contribution in [3.8, 4) is 11.5 Å². The van der Waals surface area contributed by atoms with Crippen molar-refractivity contribution in [1.82, 2.24) is 0 Å². The van der Waals surface area contributed by atoms with Crippen molar-refractivity contribution in [3.05, 3.63) is 71.3 Å². The first kappa shape index (κ1) is 12.5. The number of benzene rings is 2. The van der Waals surface area contributed by atoms with E-state index < -0.39 is 0 Å². The highest BCUT2D eigenvalue weighted by Crippen LogP contribution is 2.30. The van der Waals surface area contributed by atoms with E-state index >= 15 is 0 Å². The molecule has 2 aromatic rings. The molecule has 1 aliphatic rings. The SMILES string of the molecule is COc1ccc2c(c1)C=C(/C=C/c1ccccc1)CO2. The van der Waals surface area contributed by atoms with Crippen LogP contribution in [0.15, 0.2) is 60.2 Å². The van der Waals surface area contributed by atoms with Gasteiger partial charge in [0, 0.05) is 5.56 Å². The lowest BCUT2D eigenvalue weighted by atomic mass is 10.1. The molecule has 0 aliphatic carbocycles. The molecule has 0 bridgehead atoms. The normalized spacial score (nSPS) is 13.6. The van der Waals surface area contributed by atoms with E-state index in [0.29, 0.717) is 6.61 Å². The molecule has 3 rings (SSSR count). The molecule has 0 fully saturated rings. The van der Waals surface area contributed by atoms with Crippen molar-refractivity contribution in [3.63, 3.8) is 0 Å². The van der Waals surface area contributed by atoms with Gasteiger partial charge in [0.15, 0.2) is 0 Å². The summed E-state index contributed by atoms with van der Waals surface area (Å²) in [7, 11) is 1.67. The van der Waals surface area contributed by atoms with E-state index in [-0.39, 0.29) is 0 Å². The third kappa shape index (κ3) is 2.75. The summed E-state index contributed by atoms with van der Waals surface area (Å²) in [6, 6.07) is 16.1. The molecule has 0 amide bonds. The number of fused-ring (bicyclic) bond motifs is 1. The number of rotatable bonds is 3. The Balaban J connectivity index is 1.85. The van der Waals surface area contributed by atoms with Gasteiger partial charge in [0.1, 0.15) is 18.1 Å². The van der Waals surface area contributed by atoms with E-state index in [1.165, 1.54) is 5.56 Å². The second-order valence-corrected chi connectivity index (χ2v) is 4.66. The summed E-state index contributed by atoms with van der Waals surface area (Å²) in [6.45, 7) is 0.600. The number of ether oxygens (including phenoxy) is 2. The van der Waals surface area contributed by atoms with Crippen LogP contribution < -0.4 is 9.47 Å². The standard InChI is InChI=1S/C18H16O2/c1-19-17-9-10-18-16(12-17)11-15(13-20-18)8-7-14-5-3-2-4-6-14/h2-12H,13H2,1H3/b8-7+. The minimum atomic E-state index is 0.600. The van der Waals surface area contributed by atoms with Gasteiger partial charge in [-0.1, -0.05) is 42.5 Å². The Morgan fingerprint density at radius 3 is 2.70 bits per heavy atom. The van der Waals surface area contributed by atoms with Crippen molar-refractivity contribution in [2.24, 2.45) is 0 Å². The van der Waals surface area contributed by atoms with Crippen LogP contribution in [0.3, 0.4) is 0 Å². The minimum Gasteiger partial charge on any atom is -0.497 e. The highest BCUT2D eigenvalue weighted by Gasteiger charge is 2.10. The second-order valence-electron chi connectivity index (χ2n) is 4.66. The smallest absolute Gasteiger partial charge is 0.127 e. The van der Waals surface area contributed by atoms with Gasteiger partial charge < -0.3 is 9.47 Å². The summed E-state index contributed by atoms with van der Waals surface area (Å²) in [5.74, 6) is 1.75. The van der Waals surface area contributed by atoms with E-state index in [4.69, 9.17) is 9.47 Å². The molecule has 1 aliphatic heterocycles. The fourth-order valence-electron chi connectivity index (χ4n) is 2.16. The summed E-state index contributed by atoms with van der Waals surface area (Å²) >= 11 is 0. The van der Waals surface area contributed by atoms with Crippen LogP contribution >= 0.6 is 0 Å². The molecule has 0 aromatic heterocycles. The molecule has 0 atom stereocenters. The zero-order valence-corrected chi connectivity index (χ0v) is 11.4. The summed E-state index contributed by atoms with van der Waals surface area (Å²) in [4.78, 5) is 0. The lowest BCUT2D eigenvalue weighted by Gasteiger charge is -2.16. The van der Waals surface area contributed by atoms with Crippen LogP contribution in [0, 0.1) is 0 Å². The zero-order chi connectivity index (χ0) is 13.8. The van der Waals surface area contributed by atoms with Crippen molar-refractivity contribution in [1.29, 1.82) is 0 Å². The first-order chi connectivity index (χ1) is 9.85. The summed E-state index contributed by atoms with van der Waals surface area (Å²) in [5, 5.41) is 0. The van der Waals surface area contributed by atoms with Crippen molar-refractivity contribution < 1.29 is 9.47 Å². The van der Waals surface area contributed by atoms with Crippen molar-refractivity contribution in [2.45, 2.75) is 0 Å². The first-order valence-electron chi connectivity index (χ1n) is 6.60. The minimum absolute atomic E-state index is 0.600. The lowest BCUT2D eigenvalue weighted by molar-refractivity contribution is 0.349. The quantitative estimate of drug-likeness (QED) is 0.827. The predicted octanol–water partition coefficient (Wildman–Crippen LogP) is 4.18. The molecule has 2 heteroatoms. The predicted molar refractivity (Wildman–Crippen MR) is 81.9 cm³/mol. The van der Waals surface area contributed by atoms with Crippen LogP contribution in [-0.4, -0.2) is 13.7 Å². The largest absolute Gasteiger partial charge is 0.497 e. The Morgan fingerprint density at radius 2 is 1.90 bits per heavy atom. The molecule has 20 heavy (non-hydrogen) atoms. The Kier molecular flexibility index (Phi) is 3.55. The van der Waals surface area contributed by atoms with Gasteiger partial charge in [-0.3, -0.25) is 0 Å². The maximum atomic E-state index is 5.75.